The normalized spacial score (nSPS) is 8.80. The summed E-state index contributed by atoms with van der Waals surface area (Å²) in [5.74, 6) is 0. The smallest absolute Gasteiger partial charge is 0.268 e. The van der Waals surface area contributed by atoms with Crippen LogP contribution in [-0.4, -0.2) is 27.0 Å². The number of hydrogen-bond donors (Lipinski definition) is 0. The van der Waals surface area contributed by atoms with E-state index in [4.69, 9.17) is 0 Å². The summed E-state index contributed by atoms with van der Waals surface area (Å²) in [6.07, 6.45) is 0. The highest BCUT2D eigenvalue weighted by Crippen LogP contribution is 2.02. The second-order valence-electron chi connectivity index (χ2n) is 2.77. The second-order valence-corrected chi connectivity index (χ2v) is 3.69. The van der Waals surface area contributed by atoms with Crippen molar-refractivity contribution in [2.24, 2.45) is 0 Å². The van der Waals surface area contributed by atoms with Crippen molar-refractivity contribution < 1.29 is 0 Å². The maximum Gasteiger partial charge on any atom is 0.316 e. The lowest BCUT2D eigenvalue weighted by Gasteiger charge is -1.99. The Morgan fingerprint density at radius 3 is 2.33 bits per heavy atom. The predicted octanol–water partition coefficient (Wildman–Crippen LogP) is 1.46. The minimum atomic E-state index is 0. The summed E-state index contributed by atoms with van der Waals surface area (Å²) in [4.78, 5) is 11.2. The minimum Gasteiger partial charge on any atom is -0.268 e. The molecule has 0 fully saturated rings. The van der Waals surface area contributed by atoms with Crippen molar-refractivity contribution in [2.75, 3.05) is 0 Å². The third-order valence-corrected chi connectivity index (χ3v) is 2.63. The predicted molar refractivity (Wildman–Crippen MR) is 69.9 cm³/mol. The molecule has 0 unspecified atom stereocenters. The van der Waals surface area contributed by atoms with Gasteiger partial charge in [0.15, 0.2) is 0 Å². The zero-order valence-electron chi connectivity index (χ0n) is 7.42. The van der Waals surface area contributed by atoms with E-state index in [9.17, 15) is 4.79 Å². The standard InChI is InChI=1S/C10H9NOS.ClH.Mg.2H/c12-10-6-7-13-11(10)8-9-4-2-1-3-5-9;;;;/h1-7H,8H2;1H;;;. The van der Waals surface area contributed by atoms with Crippen LogP contribution in [-0.2, 0) is 6.54 Å². The monoisotopic (exact) mass is 253 g/mol. The highest BCUT2D eigenvalue weighted by molar-refractivity contribution is 7.04. The van der Waals surface area contributed by atoms with Gasteiger partial charge in [-0.2, -0.15) is 0 Å². The lowest BCUT2D eigenvalue weighted by atomic mass is 10.2. The molecule has 1 heterocycles. The van der Waals surface area contributed by atoms with E-state index >= 15 is 0 Å². The molecule has 0 N–H and O–H groups in total. The largest absolute Gasteiger partial charge is 0.316 e. The Morgan fingerprint density at radius 1 is 1.13 bits per heavy atom. The van der Waals surface area contributed by atoms with Crippen LogP contribution in [0.15, 0.2) is 46.6 Å². The van der Waals surface area contributed by atoms with Crippen molar-refractivity contribution in [1.82, 2.24) is 3.96 Å². The highest BCUT2D eigenvalue weighted by Gasteiger charge is 1.96. The van der Waals surface area contributed by atoms with Crippen LogP contribution in [0, 0.1) is 0 Å². The van der Waals surface area contributed by atoms with Crippen molar-refractivity contribution in [3.63, 3.8) is 0 Å². The van der Waals surface area contributed by atoms with Crippen LogP contribution in [0.5, 0.6) is 0 Å². The number of hydrogen-bond acceptors (Lipinski definition) is 2. The van der Waals surface area contributed by atoms with Crippen molar-refractivity contribution in [3.05, 3.63) is 57.7 Å². The van der Waals surface area contributed by atoms with Crippen molar-refractivity contribution in [1.29, 1.82) is 0 Å². The van der Waals surface area contributed by atoms with Gasteiger partial charge in [-0.1, -0.05) is 41.9 Å². The Balaban J connectivity index is 0.000000980. The summed E-state index contributed by atoms with van der Waals surface area (Å²) in [5.41, 5.74) is 1.24. The van der Waals surface area contributed by atoms with Gasteiger partial charge in [-0.05, 0) is 5.56 Å². The Labute approximate surface area is 115 Å². The molecule has 1 aromatic heterocycles. The molecule has 0 atom stereocenters. The fourth-order valence-electron chi connectivity index (χ4n) is 1.16. The van der Waals surface area contributed by atoms with Crippen LogP contribution < -0.4 is 5.56 Å². The van der Waals surface area contributed by atoms with E-state index in [1.165, 1.54) is 11.5 Å². The zero-order valence-corrected chi connectivity index (χ0v) is 9.05. The Bertz CT molecular complexity index is 440. The van der Waals surface area contributed by atoms with Gasteiger partial charge >= 0.3 is 23.1 Å². The number of halogens is 1. The van der Waals surface area contributed by atoms with E-state index in [0.29, 0.717) is 6.54 Å². The first-order valence-electron chi connectivity index (χ1n) is 4.05. The zero-order chi connectivity index (χ0) is 9.10. The molecule has 0 aliphatic heterocycles. The molecular formula is C10H12ClMgNOS. The summed E-state index contributed by atoms with van der Waals surface area (Å²) < 4.78 is 1.73. The molecule has 0 saturated heterocycles. The van der Waals surface area contributed by atoms with Crippen molar-refractivity contribution in [2.45, 2.75) is 6.54 Å². The van der Waals surface area contributed by atoms with Crippen LogP contribution in [0.2, 0.25) is 0 Å². The van der Waals surface area contributed by atoms with Crippen LogP contribution in [0.25, 0.3) is 0 Å². The molecule has 0 bridgehead atoms. The van der Waals surface area contributed by atoms with E-state index in [-0.39, 0.29) is 41.0 Å². The summed E-state index contributed by atoms with van der Waals surface area (Å²) in [7, 11) is 0. The van der Waals surface area contributed by atoms with Crippen LogP contribution in [0.4, 0.5) is 0 Å². The summed E-state index contributed by atoms with van der Waals surface area (Å²) in [6.45, 7) is 0.678. The van der Waals surface area contributed by atoms with Gasteiger partial charge in [-0.3, -0.25) is 8.75 Å². The van der Waals surface area contributed by atoms with Gasteiger partial charge in [-0.25, -0.2) is 0 Å². The average molecular weight is 254 g/mol. The van der Waals surface area contributed by atoms with Crippen LogP contribution >= 0.6 is 23.9 Å². The summed E-state index contributed by atoms with van der Waals surface area (Å²) in [5, 5.41) is 1.81. The molecule has 1 aromatic carbocycles. The van der Waals surface area contributed by atoms with E-state index in [2.05, 4.69) is 0 Å². The lowest BCUT2D eigenvalue weighted by molar-refractivity contribution is 0.849. The molecule has 2 nitrogen and oxygen atoms in total. The van der Waals surface area contributed by atoms with Gasteiger partial charge in [0.2, 0.25) is 0 Å². The molecule has 2 rings (SSSR count). The van der Waals surface area contributed by atoms with Gasteiger partial charge < -0.3 is 0 Å². The Kier molecular flexibility index (Phi) is 6.92. The number of aromatic nitrogens is 1. The van der Waals surface area contributed by atoms with E-state index in [0.717, 1.165) is 5.56 Å². The van der Waals surface area contributed by atoms with Crippen molar-refractivity contribution >= 4 is 47.0 Å². The van der Waals surface area contributed by atoms with Gasteiger partial charge in [0.05, 0.1) is 6.54 Å². The first-order chi connectivity index (χ1) is 6.36. The molecule has 15 heavy (non-hydrogen) atoms. The molecular weight excluding hydrogens is 242 g/mol. The lowest BCUT2D eigenvalue weighted by Crippen LogP contribution is -2.12. The molecule has 2 aromatic rings. The van der Waals surface area contributed by atoms with Gasteiger partial charge in [0, 0.05) is 11.4 Å². The maximum absolute atomic E-state index is 11.2. The van der Waals surface area contributed by atoms with E-state index in [1.54, 1.807) is 10.0 Å². The van der Waals surface area contributed by atoms with Crippen molar-refractivity contribution in [3.8, 4) is 0 Å². The fraction of sp³-hybridized carbons (Fsp3) is 0.100. The first-order valence-corrected chi connectivity index (χ1v) is 4.89. The molecule has 78 valence electrons. The number of nitrogens with zero attached hydrogens (tertiary/aromatic N) is 1. The SMILES string of the molecule is Cl.O=c1ccsn1Cc1ccccc1.[MgH2]. The molecule has 0 radical (unpaired) electrons. The average Bonchev–Trinajstić information content (AvgIpc) is 2.54. The maximum atomic E-state index is 11.2. The van der Waals surface area contributed by atoms with Gasteiger partial charge in [-0.15, -0.1) is 12.4 Å². The molecule has 0 saturated carbocycles. The fourth-order valence-corrected chi connectivity index (χ4v) is 1.87. The second kappa shape index (κ2) is 7.06. The highest BCUT2D eigenvalue weighted by atomic mass is 35.5. The molecule has 0 amide bonds. The van der Waals surface area contributed by atoms with Gasteiger partial charge in [0.25, 0.3) is 5.56 Å². The molecule has 5 heteroatoms. The van der Waals surface area contributed by atoms with Crippen LogP contribution in [0.1, 0.15) is 5.56 Å². The molecule has 0 spiro atoms. The Morgan fingerprint density at radius 2 is 1.80 bits per heavy atom. The van der Waals surface area contributed by atoms with E-state index < -0.39 is 0 Å². The third-order valence-electron chi connectivity index (χ3n) is 1.81. The quantitative estimate of drug-likeness (QED) is 0.744. The van der Waals surface area contributed by atoms with Crippen LogP contribution in [0.3, 0.4) is 0 Å². The summed E-state index contributed by atoms with van der Waals surface area (Å²) >= 11 is 1.45. The number of benzene rings is 1. The van der Waals surface area contributed by atoms with E-state index in [1.807, 2.05) is 35.7 Å². The number of rotatable bonds is 2. The Hall–Kier alpha value is -0.294. The molecule has 0 aliphatic carbocycles. The third kappa shape index (κ3) is 3.99. The topological polar surface area (TPSA) is 22.0 Å². The van der Waals surface area contributed by atoms with Gasteiger partial charge in [0.1, 0.15) is 0 Å². The molecule has 0 aliphatic rings. The first kappa shape index (κ1) is 14.7. The minimum absolute atomic E-state index is 0. The summed E-state index contributed by atoms with van der Waals surface area (Å²) in [6, 6.07) is 11.6.